The predicted molar refractivity (Wildman–Crippen MR) is 88.2 cm³/mol. The summed E-state index contributed by atoms with van der Waals surface area (Å²) >= 11 is 0. The summed E-state index contributed by atoms with van der Waals surface area (Å²) in [6, 6.07) is 4.18. The van der Waals surface area contributed by atoms with Gasteiger partial charge in [0.2, 0.25) is 5.91 Å². The molecular formula is C17H18N2O6. The molecule has 1 fully saturated rings. The van der Waals surface area contributed by atoms with E-state index in [1.807, 2.05) is 12.2 Å². The number of hydrogen-bond donors (Lipinski definition) is 2. The first kappa shape index (κ1) is 16.9. The second kappa shape index (κ2) is 6.54. The summed E-state index contributed by atoms with van der Waals surface area (Å²) in [5.41, 5.74) is -0.251. The van der Waals surface area contributed by atoms with Gasteiger partial charge in [-0.25, -0.2) is 0 Å². The molecule has 1 aromatic rings. The van der Waals surface area contributed by atoms with Crippen LogP contribution in [0.3, 0.4) is 0 Å². The number of ether oxygens (including phenoxy) is 1. The Morgan fingerprint density at radius 1 is 1.32 bits per heavy atom. The number of nitro benzene ring substituents is 1. The summed E-state index contributed by atoms with van der Waals surface area (Å²) in [5, 5.41) is 23.2. The van der Waals surface area contributed by atoms with Gasteiger partial charge in [0.25, 0.3) is 5.69 Å². The van der Waals surface area contributed by atoms with Gasteiger partial charge in [0.1, 0.15) is 11.4 Å². The largest absolute Gasteiger partial charge is 0.494 e. The normalized spacial score (nSPS) is 26.4. The Kier molecular flexibility index (Phi) is 4.43. The van der Waals surface area contributed by atoms with Crippen LogP contribution in [0.25, 0.3) is 0 Å². The second-order valence-corrected chi connectivity index (χ2v) is 6.20. The van der Waals surface area contributed by atoms with Gasteiger partial charge in [-0.15, -0.1) is 0 Å². The van der Waals surface area contributed by atoms with Crippen molar-refractivity contribution < 1.29 is 24.4 Å². The zero-order valence-electron chi connectivity index (χ0n) is 13.5. The summed E-state index contributed by atoms with van der Waals surface area (Å²) in [4.78, 5) is 34.8. The number of benzene rings is 1. The predicted octanol–water partition coefficient (Wildman–Crippen LogP) is 2.45. The molecule has 0 heterocycles. The molecule has 2 N–H and O–H groups in total. The number of carbonyl (C=O) groups is 2. The lowest BCUT2D eigenvalue weighted by Crippen LogP contribution is -2.36. The highest BCUT2D eigenvalue weighted by atomic mass is 16.6. The number of aliphatic carboxylic acids is 1. The summed E-state index contributed by atoms with van der Waals surface area (Å²) in [6.45, 7) is 2.12. The van der Waals surface area contributed by atoms with Crippen LogP contribution < -0.4 is 10.1 Å². The first-order valence-corrected chi connectivity index (χ1v) is 8.05. The van der Waals surface area contributed by atoms with Crippen LogP contribution in [-0.4, -0.2) is 28.5 Å². The Hall–Kier alpha value is -2.90. The molecule has 0 spiro atoms. The average molecular weight is 346 g/mol. The third-order valence-corrected chi connectivity index (χ3v) is 4.78. The summed E-state index contributed by atoms with van der Waals surface area (Å²) < 4.78 is 5.24. The molecule has 2 aliphatic carbocycles. The first-order valence-electron chi connectivity index (χ1n) is 8.05. The minimum atomic E-state index is -1.02. The van der Waals surface area contributed by atoms with Crippen molar-refractivity contribution >= 4 is 23.3 Å². The lowest BCUT2D eigenvalue weighted by atomic mass is 9.82. The van der Waals surface area contributed by atoms with Gasteiger partial charge < -0.3 is 15.2 Å². The Morgan fingerprint density at radius 3 is 2.60 bits per heavy atom. The Bertz CT molecular complexity index is 760. The summed E-state index contributed by atoms with van der Waals surface area (Å²) in [6.07, 6.45) is 4.33. The molecule has 0 aromatic heterocycles. The number of nitro groups is 1. The van der Waals surface area contributed by atoms with Gasteiger partial charge in [0, 0.05) is 0 Å². The number of fused-ring (bicyclic) bond motifs is 2. The standard InChI is InChI=1S/C17H18N2O6/c1-2-25-11-5-6-12(13(8-11)19(23)24)18-16(20)14-9-3-4-10(7-9)15(14)17(21)22/h3-6,8-10,14-15H,2,7H2,1H3,(H,18,20)(H,21,22)/t9-,10-,14-,15-/m0/s1. The average Bonchev–Trinajstić information content (AvgIpc) is 3.17. The fourth-order valence-corrected chi connectivity index (χ4v) is 3.76. The molecule has 1 aromatic carbocycles. The van der Waals surface area contributed by atoms with Crippen LogP contribution in [-0.2, 0) is 9.59 Å². The molecule has 1 amide bonds. The van der Waals surface area contributed by atoms with E-state index < -0.39 is 28.6 Å². The van der Waals surface area contributed by atoms with E-state index in [0.29, 0.717) is 18.8 Å². The lowest BCUT2D eigenvalue weighted by Gasteiger charge is -2.23. The lowest BCUT2D eigenvalue weighted by molar-refractivity contribution is -0.384. The molecule has 8 nitrogen and oxygen atoms in total. The number of allylic oxidation sites excluding steroid dienone is 2. The van der Waals surface area contributed by atoms with Crippen molar-refractivity contribution in [1.29, 1.82) is 0 Å². The molecule has 1 saturated carbocycles. The zero-order valence-corrected chi connectivity index (χ0v) is 13.5. The van der Waals surface area contributed by atoms with E-state index in [1.165, 1.54) is 18.2 Å². The van der Waals surface area contributed by atoms with Crippen molar-refractivity contribution in [2.24, 2.45) is 23.7 Å². The molecule has 2 bridgehead atoms. The van der Waals surface area contributed by atoms with Crippen molar-refractivity contribution in [2.75, 3.05) is 11.9 Å². The molecule has 25 heavy (non-hydrogen) atoms. The van der Waals surface area contributed by atoms with Crippen LogP contribution in [0.5, 0.6) is 5.75 Å². The number of carboxylic acid groups (broad SMARTS) is 1. The second-order valence-electron chi connectivity index (χ2n) is 6.20. The number of anilines is 1. The van der Waals surface area contributed by atoms with Crippen LogP contribution >= 0.6 is 0 Å². The van der Waals surface area contributed by atoms with Gasteiger partial charge in [-0.3, -0.25) is 19.7 Å². The van der Waals surface area contributed by atoms with E-state index in [1.54, 1.807) is 6.92 Å². The number of carboxylic acids is 1. The zero-order chi connectivity index (χ0) is 18.1. The third kappa shape index (κ3) is 3.07. The van der Waals surface area contributed by atoms with E-state index in [2.05, 4.69) is 5.32 Å². The number of carbonyl (C=O) groups excluding carboxylic acids is 1. The van der Waals surface area contributed by atoms with Crippen LogP contribution in [0, 0.1) is 33.8 Å². The fourth-order valence-electron chi connectivity index (χ4n) is 3.76. The van der Waals surface area contributed by atoms with Gasteiger partial charge in [-0.1, -0.05) is 12.2 Å². The molecular weight excluding hydrogens is 328 g/mol. The molecule has 132 valence electrons. The molecule has 0 unspecified atom stereocenters. The molecule has 2 aliphatic rings. The van der Waals surface area contributed by atoms with Crippen LogP contribution in [0.1, 0.15) is 13.3 Å². The maximum absolute atomic E-state index is 12.6. The minimum Gasteiger partial charge on any atom is -0.494 e. The molecule has 3 rings (SSSR count). The molecule has 0 aliphatic heterocycles. The van der Waals surface area contributed by atoms with Crippen molar-refractivity contribution in [1.82, 2.24) is 0 Å². The SMILES string of the molecule is CCOc1ccc(NC(=O)[C@@H]2[C@@H](C(=O)O)[C@H]3C=C[C@H]2C3)c([N+](=O)[O-])c1. The highest BCUT2D eigenvalue weighted by molar-refractivity contribution is 5.98. The number of hydrogen-bond acceptors (Lipinski definition) is 5. The minimum absolute atomic E-state index is 0.0364. The van der Waals surface area contributed by atoms with Crippen molar-refractivity contribution in [3.05, 3.63) is 40.5 Å². The van der Waals surface area contributed by atoms with Crippen LogP contribution in [0.4, 0.5) is 11.4 Å². The number of rotatable bonds is 6. The third-order valence-electron chi connectivity index (χ3n) is 4.78. The number of nitrogens with one attached hydrogen (secondary N) is 1. The molecule has 0 saturated heterocycles. The topological polar surface area (TPSA) is 119 Å². The monoisotopic (exact) mass is 346 g/mol. The van der Waals surface area contributed by atoms with Gasteiger partial charge >= 0.3 is 5.97 Å². The highest BCUT2D eigenvalue weighted by Gasteiger charge is 2.51. The summed E-state index contributed by atoms with van der Waals surface area (Å²) in [7, 11) is 0. The Morgan fingerprint density at radius 2 is 2.00 bits per heavy atom. The van der Waals surface area contributed by atoms with Crippen molar-refractivity contribution in [3.63, 3.8) is 0 Å². The maximum atomic E-state index is 12.6. The van der Waals surface area contributed by atoms with Crippen LogP contribution in [0.15, 0.2) is 30.4 Å². The van der Waals surface area contributed by atoms with Crippen molar-refractivity contribution in [3.8, 4) is 5.75 Å². The number of amides is 1. The molecule has 4 atom stereocenters. The van der Waals surface area contributed by atoms with E-state index in [9.17, 15) is 24.8 Å². The smallest absolute Gasteiger partial charge is 0.307 e. The van der Waals surface area contributed by atoms with E-state index in [0.717, 1.165) is 0 Å². The highest BCUT2D eigenvalue weighted by Crippen LogP contribution is 2.48. The van der Waals surface area contributed by atoms with Crippen molar-refractivity contribution in [2.45, 2.75) is 13.3 Å². The van der Waals surface area contributed by atoms with Gasteiger partial charge in [0.05, 0.1) is 29.4 Å². The summed E-state index contributed by atoms with van der Waals surface area (Å²) in [5.74, 6) is -3.01. The first-order chi connectivity index (χ1) is 11.9. The van der Waals surface area contributed by atoms with E-state index >= 15 is 0 Å². The van der Waals surface area contributed by atoms with Crippen LogP contribution in [0.2, 0.25) is 0 Å². The van der Waals surface area contributed by atoms with E-state index in [4.69, 9.17) is 4.74 Å². The fraction of sp³-hybridized carbons (Fsp3) is 0.412. The molecule has 8 heteroatoms. The van der Waals surface area contributed by atoms with Gasteiger partial charge in [0.15, 0.2) is 0 Å². The van der Waals surface area contributed by atoms with Gasteiger partial charge in [-0.05, 0) is 37.3 Å². The Balaban J connectivity index is 1.84. The van der Waals surface area contributed by atoms with E-state index in [-0.39, 0.29) is 23.2 Å². The maximum Gasteiger partial charge on any atom is 0.307 e. The number of nitrogens with zero attached hydrogens (tertiary/aromatic N) is 1. The Labute approximate surface area is 143 Å². The quantitative estimate of drug-likeness (QED) is 0.464. The molecule has 0 radical (unpaired) electrons. The van der Waals surface area contributed by atoms with Gasteiger partial charge in [-0.2, -0.15) is 0 Å².